The molecule has 1 saturated carbocycles. The Labute approximate surface area is 171 Å². The number of hydrogen-bond acceptors (Lipinski definition) is 3. The Morgan fingerprint density at radius 2 is 2.00 bits per heavy atom. The summed E-state index contributed by atoms with van der Waals surface area (Å²) < 4.78 is 38.9. The van der Waals surface area contributed by atoms with Crippen molar-refractivity contribution in [1.82, 2.24) is 9.80 Å². The van der Waals surface area contributed by atoms with Gasteiger partial charge in [-0.3, -0.25) is 9.69 Å². The van der Waals surface area contributed by atoms with E-state index in [4.69, 9.17) is 5.73 Å². The van der Waals surface area contributed by atoms with Crippen molar-refractivity contribution in [2.24, 2.45) is 23.5 Å². The van der Waals surface area contributed by atoms with Gasteiger partial charge in [0.15, 0.2) is 0 Å². The number of carbonyl (C=O) groups is 1. The van der Waals surface area contributed by atoms with E-state index < -0.39 is 17.8 Å². The fourth-order valence-corrected chi connectivity index (χ4v) is 5.08. The molecule has 1 heterocycles. The van der Waals surface area contributed by atoms with Crippen molar-refractivity contribution in [3.05, 3.63) is 35.4 Å². The van der Waals surface area contributed by atoms with Crippen LogP contribution < -0.4 is 5.73 Å². The fraction of sp³-hybridized carbons (Fsp3) is 0.682. The number of nitrogens with two attached hydrogens (primary N) is 1. The monoisotopic (exact) mass is 411 g/mol. The summed E-state index contributed by atoms with van der Waals surface area (Å²) >= 11 is 0. The summed E-state index contributed by atoms with van der Waals surface area (Å²) in [7, 11) is 1.85. The number of halogens is 3. The molecular weight excluding hydrogens is 379 g/mol. The Kier molecular flexibility index (Phi) is 6.58. The normalized spacial score (nSPS) is 26.0. The predicted molar refractivity (Wildman–Crippen MR) is 107 cm³/mol. The molecule has 1 aromatic rings. The zero-order chi connectivity index (χ0) is 21.3. The van der Waals surface area contributed by atoms with E-state index >= 15 is 0 Å². The molecule has 2 N–H and O–H groups in total. The topological polar surface area (TPSA) is 49.6 Å². The molecule has 2 aliphatic rings. The van der Waals surface area contributed by atoms with Crippen LogP contribution in [-0.2, 0) is 17.5 Å². The van der Waals surface area contributed by atoms with Crippen LogP contribution in [0.25, 0.3) is 0 Å². The maximum absolute atomic E-state index is 13.0. The lowest BCUT2D eigenvalue weighted by Gasteiger charge is -2.32. The number of hydrogen-bond donors (Lipinski definition) is 1. The minimum absolute atomic E-state index is 0.000628. The highest BCUT2D eigenvalue weighted by atomic mass is 19.4. The molecule has 1 aliphatic carbocycles. The van der Waals surface area contributed by atoms with E-state index in [-0.39, 0.29) is 11.9 Å². The number of likely N-dealkylation sites (tertiary alicyclic amines) is 1. The maximum atomic E-state index is 13.0. The van der Waals surface area contributed by atoms with Crippen LogP contribution in [0.5, 0.6) is 0 Å². The second-order valence-electron chi connectivity index (χ2n) is 9.15. The lowest BCUT2D eigenvalue weighted by atomic mass is 9.96. The summed E-state index contributed by atoms with van der Waals surface area (Å²) in [5.74, 6) is 1.22. The molecule has 1 saturated heterocycles. The second-order valence-corrected chi connectivity index (χ2v) is 9.15. The highest BCUT2D eigenvalue weighted by molar-refractivity contribution is 5.81. The highest BCUT2D eigenvalue weighted by Crippen LogP contribution is 2.41. The Morgan fingerprint density at radius 1 is 1.28 bits per heavy atom. The van der Waals surface area contributed by atoms with Gasteiger partial charge in [-0.1, -0.05) is 32.0 Å². The van der Waals surface area contributed by atoms with E-state index in [0.29, 0.717) is 36.3 Å². The predicted octanol–water partition coefficient (Wildman–Crippen LogP) is 3.75. The van der Waals surface area contributed by atoms with Gasteiger partial charge in [-0.2, -0.15) is 13.2 Å². The first kappa shape index (κ1) is 22.1. The SMILES string of the molecule is CC(C)C[C@H](N)C(=O)N(C)C1CC[C@H]2CN(Cc3cccc(C(F)(F)F)c3)CC12. The number of carbonyl (C=O) groups excluding carboxylic acids is 1. The first-order valence-corrected chi connectivity index (χ1v) is 10.5. The van der Waals surface area contributed by atoms with Gasteiger partial charge < -0.3 is 10.6 Å². The zero-order valence-corrected chi connectivity index (χ0v) is 17.5. The number of benzene rings is 1. The molecule has 3 rings (SSSR count). The van der Waals surface area contributed by atoms with Crippen LogP contribution >= 0.6 is 0 Å². The van der Waals surface area contributed by atoms with Gasteiger partial charge in [0, 0.05) is 32.7 Å². The van der Waals surface area contributed by atoms with Crippen LogP contribution in [0.1, 0.15) is 44.2 Å². The molecule has 4 atom stereocenters. The second kappa shape index (κ2) is 8.64. The largest absolute Gasteiger partial charge is 0.416 e. The van der Waals surface area contributed by atoms with E-state index in [1.807, 2.05) is 11.9 Å². The summed E-state index contributed by atoms with van der Waals surface area (Å²) in [4.78, 5) is 16.8. The number of fused-ring (bicyclic) bond motifs is 1. The minimum atomic E-state index is -4.32. The van der Waals surface area contributed by atoms with Crippen LogP contribution in [0, 0.1) is 17.8 Å². The molecule has 162 valence electrons. The first-order valence-electron chi connectivity index (χ1n) is 10.5. The fourth-order valence-electron chi connectivity index (χ4n) is 5.08. The lowest BCUT2D eigenvalue weighted by molar-refractivity contribution is -0.137. The molecule has 1 aliphatic heterocycles. The van der Waals surface area contributed by atoms with E-state index in [0.717, 1.165) is 32.0 Å². The van der Waals surface area contributed by atoms with Gasteiger partial charge >= 0.3 is 6.18 Å². The highest BCUT2D eigenvalue weighted by Gasteiger charge is 2.45. The van der Waals surface area contributed by atoms with Gasteiger partial charge in [0.1, 0.15) is 0 Å². The van der Waals surface area contributed by atoms with Crippen molar-refractivity contribution >= 4 is 5.91 Å². The van der Waals surface area contributed by atoms with E-state index in [1.54, 1.807) is 6.07 Å². The number of alkyl halides is 3. The zero-order valence-electron chi connectivity index (χ0n) is 17.5. The smallest absolute Gasteiger partial charge is 0.341 e. The van der Waals surface area contributed by atoms with E-state index in [2.05, 4.69) is 18.7 Å². The Balaban J connectivity index is 1.62. The molecule has 0 radical (unpaired) electrons. The van der Waals surface area contributed by atoms with Gasteiger partial charge in [0.2, 0.25) is 5.91 Å². The maximum Gasteiger partial charge on any atom is 0.416 e. The molecule has 4 nitrogen and oxygen atoms in total. The summed E-state index contributed by atoms with van der Waals surface area (Å²) in [5, 5.41) is 0. The summed E-state index contributed by atoms with van der Waals surface area (Å²) in [6.45, 7) is 6.30. The van der Waals surface area contributed by atoms with Gasteiger partial charge in [-0.25, -0.2) is 0 Å². The van der Waals surface area contributed by atoms with Gasteiger partial charge in [-0.15, -0.1) is 0 Å². The molecule has 0 bridgehead atoms. The average molecular weight is 412 g/mol. The minimum Gasteiger partial charge on any atom is -0.341 e. The van der Waals surface area contributed by atoms with Crippen LogP contribution in [-0.4, -0.2) is 47.9 Å². The molecule has 1 aromatic carbocycles. The number of amides is 1. The van der Waals surface area contributed by atoms with Crippen LogP contribution in [0.2, 0.25) is 0 Å². The lowest BCUT2D eigenvalue weighted by Crippen LogP contribution is -2.49. The molecule has 0 aromatic heterocycles. The molecular formula is C22H32F3N3O. The van der Waals surface area contributed by atoms with Crippen molar-refractivity contribution in [2.75, 3.05) is 20.1 Å². The third kappa shape index (κ3) is 5.12. The molecule has 2 fully saturated rings. The molecule has 29 heavy (non-hydrogen) atoms. The third-order valence-electron chi connectivity index (χ3n) is 6.44. The molecule has 1 amide bonds. The molecule has 7 heteroatoms. The van der Waals surface area contributed by atoms with E-state index in [9.17, 15) is 18.0 Å². The van der Waals surface area contributed by atoms with Gasteiger partial charge in [0.25, 0.3) is 0 Å². The van der Waals surface area contributed by atoms with Gasteiger partial charge in [-0.05, 0) is 48.6 Å². The number of rotatable bonds is 6. The summed E-state index contributed by atoms with van der Waals surface area (Å²) in [5.41, 5.74) is 6.19. The average Bonchev–Trinajstić information content (AvgIpc) is 3.19. The van der Waals surface area contributed by atoms with Crippen molar-refractivity contribution in [3.63, 3.8) is 0 Å². The number of likely N-dealkylation sites (N-methyl/N-ethyl adjacent to an activating group) is 1. The van der Waals surface area contributed by atoms with Crippen molar-refractivity contribution in [1.29, 1.82) is 0 Å². The van der Waals surface area contributed by atoms with Crippen LogP contribution in [0.4, 0.5) is 13.2 Å². The standard InChI is InChI=1S/C22H32F3N3O/c1-14(2)9-19(26)21(29)27(3)20-8-7-16-12-28(13-18(16)20)11-15-5-4-6-17(10-15)22(23,24)25/h4-6,10,14,16,18-20H,7-9,11-13,26H2,1-3H3/t16-,18?,19-,20?/m0/s1. The Bertz CT molecular complexity index is 721. The van der Waals surface area contributed by atoms with Crippen LogP contribution in [0.15, 0.2) is 24.3 Å². The summed E-state index contributed by atoms with van der Waals surface area (Å²) in [6.07, 6.45) is -1.62. The Morgan fingerprint density at radius 3 is 2.66 bits per heavy atom. The Hall–Kier alpha value is -1.60. The van der Waals surface area contributed by atoms with Gasteiger partial charge in [0.05, 0.1) is 11.6 Å². The van der Waals surface area contributed by atoms with Crippen LogP contribution in [0.3, 0.4) is 0 Å². The van der Waals surface area contributed by atoms with E-state index in [1.165, 1.54) is 12.1 Å². The third-order valence-corrected chi connectivity index (χ3v) is 6.44. The molecule has 0 spiro atoms. The quantitative estimate of drug-likeness (QED) is 0.776. The number of nitrogens with zero attached hydrogens (tertiary/aromatic N) is 2. The van der Waals surface area contributed by atoms with Crippen molar-refractivity contribution < 1.29 is 18.0 Å². The summed E-state index contributed by atoms with van der Waals surface area (Å²) in [6, 6.07) is 5.27. The van der Waals surface area contributed by atoms with Crippen molar-refractivity contribution in [2.45, 2.75) is 57.9 Å². The molecule has 2 unspecified atom stereocenters. The first-order chi connectivity index (χ1) is 13.6. The van der Waals surface area contributed by atoms with Crippen molar-refractivity contribution in [3.8, 4) is 0 Å².